The minimum atomic E-state index is -0.845. The second-order valence-corrected chi connectivity index (χ2v) is 5.89. The Kier molecular flexibility index (Phi) is 4.55. The van der Waals surface area contributed by atoms with Gasteiger partial charge in [0, 0.05) is 37.1 Å². The van der Waals surface area contributed by atoms with Crippen LogP contribution in [0.4, 0.5) is 5.95 Å². The van der Waals surface area contributed by atoms with Crippen LogP contribution in [0, 0.1) is 0 Å². The normalized spacial score (nSPS) is 15.8. The molecule has 1 aliphatic rings. The van der Waals surface area contributed by atoms with E-state index in [4.69, 9.17) is 5.11 Å². The highest BCUT2D eigenvalue weighted by Gasteiger charge is 2.24. The Bertz CT molecular complexity index is 659. The number of anilines is 1. The first kappa shape index (κ1) is 15.5. The van der Waals surface area contributed by atoms with E-state index in [0.717, 1.165) is 49.6 Å². The summed E-state index contributed by atoms with van der Waals surface area (Å²) in [5.41, 5.74) is 2.77. The fourth-order valence-corrected chi connectivity index (χ4v) is 2.91. The quantitative estimate of drug-likeness (QED) is 0.873. The van der Waals surface area contributed by atoms with Gasteiger partial charge in [-0.05, 0) is 30.9 Å². The van der Waals surface area contributed by atoms with Crippen molar-refractivity contribution in [3.63, 3.8) is 0 Å². The third-order valence-corrected chi connectivity index (χ3v) is 4.29. The van der Waals surface area contributed by atoms with Gasteiger partial charge < -0.3 is 10.0 Å². The predicted molar refractivity (Wildman–Crippen MR) is 85.5 cm³/mol. The van der Waals surface area contributed by atoms with Gasteiger partial charge in [-0.1, -0.05) is 6.92 Å². The molecular weight excluding hydrogens is 294 g/mol. The molecule has 2 N–H and O–H groups in total. The molecule has 0 aliphatic carbocycles. The van der Waals surface area contributed by atoms with Crippen LogP contribution in [-0.2, 0) is 17.6 Å². The molecule has 0 atom stereocenters. The number of hydrogen-bond acceptors (Lipinski definition) is 5. The lowest BCUT2D eigenvalue weighted by Gasteiger charge is -2.31. The zero-order chi connectivity index (χ0) is 16.2. The van der Waals surface area contributed by atoms with Gasteiger partial charge in [-0.2, -0.15) is 5.10 Å². The predicted octanol–water partition coefficient (Wildman–Crippen LogP) is 1.77. The number of aliphatic carboxylic acids is 1. The van der Waals surface area contributed by atoms with Crippen LogP contribution in [0.1, 0.15) is 42.6 Å². The van der Waals surface area contributed by atoms with Crippen molar-refractivity contribution in [2.45, 2.75) is 38.5 Å². The number of H-pyrrole nitrogens is 1. The Balaban J connectivity index is 1.59. The van der Waals surface area contributed by atoms with Crippen molar-refractivity contribution >= 4 is 11.9 Å². The molecule has 2 aromatic rings. The summed E-state index contributed by atoms with van der Waals surface area (Å²) >= 11 is 0. The van der Waals surface area contributed by atoms with Gasteiger partial charge in [0.1, 0.15) is 0 Å². The fraction of sp³-hybridized carbons (Fsp3) is 0.500. The first-order chi connectivity index (χ1) is 11.2. The van der Waals surface area contributed by atoms with Crippen LogP contribution < -0.4 is 4.90 Å². The van der Waals surface area contributed by atoms with Crippen molar-refractivity contribution in [3.8, 4) is 0 Å². The first-order valence-electron chi connectivity index (χ1n) is 7.97. The van der Waals surface area contributed by atoms with Gasteiger partial charge in [0.05, 0.1) is 12.1 Å². The van der Waals surface area contributed by atoms with Gasteiger partial charge in [-0.25, -0.2) is 9.97 Å². The summed E-state index contributed by atoms with van der Waals surface area (Å²) in [5, 5.41) is 15.9. The number of carbonyl (C=O) groups is 1. The van der Waals surface area contributed by atoms with E-state index in [2.05, 4.69) is 32.0 Å². The van der Waals surface area contributed by atoms with Gasteiger partial charge in [-0.3, -0.25) is 9.89 Å². The Morgan fingerprint density at radius 1 is 1.35 bits per heavy atom. The average molecular weight is 315 g/mol. The van der Waals surface area contributed by atoms with Crippen LogP contribution in [0.2, 0.25) is 0 Å². The largest absolute Gasteiger partial charge is 0.481 e. The molecule has 1 saturated heterocycles. The maximum atomic E-state index is 10.7. The number of hydrogen-bond donors (Lipinski definition) is 2. The van der Waals surface area contributed by atoms with E-state index in [1.807, 2.05) is 18.5 Å². The molecule has 0 spiro atoms. The molecule has 0 bridgehead atoms. The SMILES string of the molecule is CCc1cnc(N2CCC(c3cc(CC(=O)O)[nH]n3)CC2)nc1. The van der Waals surface area contributed by atoms with Gasteiger partial charge in [-0.15, -0.1) is 0 Å². The van der Waals surface area contributed by atoms with Crippen molar-refractivity contribution < 1.29 is 9.90 Å². The molecule has 0 aromatic carbocycles. The standard InChI is InChI=1S/C16H21N5O2/c1-2-11-9-17-16(18-10-11)21-5-3-12(4-6-21)14-7-13(19-20-14)8-15(22)23/h7,9-10,12H,2-6,8H2,1H3,(H,19,20)(H,22,23). The molecule has 1 fully saturated rings. The second-order valence-electron chi connectivity index (χ2n) is 5.89. The number of aromatic nitrogens is 4. The van der Waals surface area contributed by atoms with Gasteiger partial charge in [0.15, 0.2) is 0 Å². The molecule has 1 aliphatic heterocycles. The third-order valence-electron chi connectivity index (χ3n) is 4.29. The van der Waals surface area contributed by atoms with E-state index in [-0.39, 0.29) is 6.42 Å². The van der Waals surface area contributed by atoms with Crippen LogP contribution in [0.25, 0.3) is 0 Å². The van der Waals surface area contributed by atoms with Crippen molar-refractivity contribution in [3.05, 3.63) is 35.4 Å². The number of nitrogens with zero attached hydrogens (tertiary/aromatic N) is 4. The number of piperidine rings is 1. The first-order valence-corrected chi connectivity index (χ1v) is 7.97. The molecule has 23 heavy (non-hydrogen) atoms. The number of carboxylic acids is 1. The molecular formula is C16H21N5O2. The summed E-state index contributed by atoms with van der Waals surface area (Å²) in [6, 6.07) is 1.88. The second kappa shape index (κ2) is 6.76. The van der Waals surface area contributed by atoms with Crippen LogP contribution in [0.3, 0.4) is 0 Å². The topological polar surface area (TPSA) is 95.0 Å². The van der Waals surface area contributed by atoms with Crippen LogP contribution in [0.5, 0.6) is 0 Å². The van der Waals surface area contributed by atoms with Gasteiger partial charge in [0.25, 0.3) is 0 Å². The number of aromatic amines is 1. The monoisotopic (exact) mass is 315 g/mol. The lowest BCUT2D eigenvalue weighted by atomic mass is 9.93. The molecule has 7 heteroatoms. The Morgan fingerprint density at radius 3 is 2.65 bits per heavy atom. The maximum Gasteiger partial charge on any atom is 0.309 e. The molecule has 0 saturated carbocycles. The van der Waals surface area contributed by atoms with E-state index < -0.39 is 5.97 Å². The minimum absolute atomic E-state index is 0.0105. The van der Waals surface area contributed by atoms with E-state index in [0.29, 0.717) is 11.6 Å². The van der Waals surface area contributed by atoms with Crippen molar-refractivity contribution in [1.29, 1.82) is 0 Å². The molecule has 3 rings (SSSR count). The fourth-order valence-electron chi connectivity index (χ4n) is 2.91. The molecule has 0 unspecified atom stereocenters. The highest BCUT2D eigenvalue weighted by Crippen LogP contribution is 2.28. The van der Waals surface area contributed by atoms with Crippen molar-refractivity contribution in [2.24, 2.45) is 0 Å². The molecule has 7 nitrogen and oxygen atoms in total. The highest BCUT2D eigenvalue weighted by atomic mass is 16.4. The minimum Gasteiger partial charge on any atom is -0.481 e. The van der Waals surface area contributed by atoms with E-state index in [9.17, 15) is 4.79 Å². The van der Waals surface area contributed by atoms with E-state index in [1.165, 1.54) is 0 Å². The number of rotatable bonds is 5. The number of nitrogens with one attached hydrogen (secondary N) is 1. The third kappa shape index (κ3) is 3.67. The average Bonchev–Trinajstić information content (AvgIpc) is 3.03. The van der Waals surface area contributed by atoms with Crippen molar-refractivity contribution in [1.82, 2.24) is 20.2 Å². The summed E-state index contributed by atoms with van der Waals surface area (Å²) in [6.07, 6.45) is 6.65. The van der Waals surface area contributed by atoms with E-state index >= 15 is 0 Å². The zero-order valence-corrected chi connectivity index (χ0v) is 13.2. The Labute approximate surface area is 134 Å². The zero-order valence-electron chi connectivity index (χ0n) is 13.2. The molecule has 2 aromatic heterocycles. The molecule has 3 heterocycles. The Hall–Kier alpha value is -2.44. The van der Waals surface area contributed by atoms with Gasteiger partial charge >= 0.3 is 5.97 Å². The van der Waals surface area contributed by atoms with Crippen molar-refractivity contribution in [2.75, 3.05) is 18.0 Å². The van der Waals surface area contributed by atoms with Gasteiger partial charge in [0.2, 0.25) is 5.95 Å². The summed E-state index contributed by atoms with van der Waals surface area (Å²) < 4.78 is 0. The van der Waals surface area contributed by atoms with Crippen LogP contribution in [-0.4, -0.2) is 44.3 Å². The summed E-state index contributed by atoms with van der Waals surface area (Å²) in [7, 11) is 0. The lowest BCUT2D eigenvalue weighted by Crippen LogP contribution is -2.34. The molecule has 0 amide bonds. The highest BCUT2D eigenvalue weighted by molar-refractivity contribution is 5.69. The lowest BCUT2D eigenvalue weighted by molar-refractivity contribution is -0.136. The Morgan fingerprint density at radius 2 is 2.04 bits per heavy atom. The maximum absolute atomic E-state index is 10.7. The number of carboxylic acid groups (broad SMARTS) is 1. The molecule has 0 radical (unpaired) electrons. The molecule has 122 valence electrons. The summed E-state index contributed by atoms with van der Waals surface area (Å²) in [5.74, 6) is 0.303. The summed E-state index contributed by atoms with van der Waals surface area (Å²) in [4.78, 5) is 21.8. The van der Waals surface area contributed by atoms with E-state index in [1.54, 1.807) is 0 Å². The van der Waals surface area contributed by atoms with Crippen LogP contribution >= 0.6 is 0 Å². The summed E-state index contributed by atoms with van der Waals surface area (Å²) in [6.45, 7) is 3.86. The number of aryl methyl sites for hydroxylation is 1. The smallest absolute Gasteiger partial charge is 0.309 e. The van der Waals surface area contributed by atoms with Crippen LogP contribution in [0.15, 0.2) is 18.5 Å².